The van der Waals surface area contributed by atoms with Gasteiger partial charge in [-0.25, -0.2) is 0 Å². The molecule has 110 valence electrons. The second kappa shape index (κ2) is 5.99. The monoisotopic (exact) mass is 279 g/mol. The second-order valence-electron chi connectivity index (χ2n) is 5.35. The number of rotatable bonds is 5. The van der Waals surface area contributed by atoms with E-state index in [4.69, 9.17) is 14.2 Å². The highest BCUT2D eigenvalue weighted by Crippen LogP contribution is 2.34. The zero-order valence-corrected chi connectivity index (χ0v) is 11.7. The molecule has 3 atom stereocenters. The molecule has 2 aliphatic rings. The van der Waals surface area contributed by atoms with Crippen LogP contribution in [0.2, 0.25) is 0 Å². The fourth-order valence-corrected chi connectivity index (χ4v) is 2.94. The lowest BCUT2D eigenvalue weighted by Gasteiger charge is -2.21. The number of benzene rings is 1. The molecule has 1 aliphatic heterocycles. The molecule has 0 radical (unpaired) electrons. The van der Waals surface area contributed by atoms with E-state index in [-0.39, 0.29) is 12.9 Å². The van der Waals surface area contributed by atoms with Gasteiger partial charge in [-0.2, -0.15) is 0 Å². The standard InChI is InChI=1S/C15H21NO4/c1-18-13-4-2-3-11(13)16-8-12(17)10-5-6-14-15(7-10)20-9-19-14/h5-7,11-13,16-17H,2-4,8-9H2,1H3. The van der Waals surface area contributed by atoms with Crippen LogP contribution in [0.4, 0.5) is 0 Å². The van der Waals surface area contributed by atoms with Crippen molar-refractivity contribution in [1.29, 1.82) is 0 Å². The smallest absolute Gasteiger partial charge is 0.231 e. The predicted molar refractivity (Wildman–Crippen MR) is 74.0 cm³/mol. The molecule has 1 heterocycles. The van der Waals surface area contributed by atoms with E-state index in [2.05, 4.69) is 5.32 Å². The molecule has 0 saturated heterocycles. The van der Waals surface area contributed by atoms with Crippen LogP contribution in [0.5, 0.6) is 11.5 Å². The highest BCUT2D eigenvalue weighted by Gasteiger charge is 2.27. The minimum Gasteiger partial charge on any atom is -0.454 e. The van der Waals surface area contributed by atoms with Crippen molar-refractivity contribution in [2.45, 2.75) is 37.5 Å². The Balaban J connectivity index is 1.57. The molecule has 5 heteroatoms. The summed E-state index contributed by atoms with van der Waals surface area (Å²) in [7, 11) is 1.75. The molecule has 1 aliphatic carbocycles. The average Bonchev–Trinajstić information content (AvgIpc) is 3.12. The van der Waals surface area contributed by atoms with Gasteiger partial charge in [-0.3, -0.25) is 0 Å². The molecule has 0 bridgehead atoms. The number of methoxy groups -OCH3 is 1. The largest absolute Gasteiger partial charge is 0.454 e. The molecule has 2 N–H and O–H groups in total. The second-order valence-corrected chi connectivity index (χ2v) is 5.35. The van der Waals surface area contributed by atoms with Crippen molar-refractivity contribution in [2.75, 3.05) is 20.4 Å². The highest BCUT2D eigenvalue weighted by molar-refractivity contribution is 5.45. The Morgan fingerprint density at radius 1 is 1.35 bits per heavy atom. The maximum Gasteiger partial charge on any atom is 0.231 e. The van der Waals surface area contributed by atoms with Crippen molar-refractivity contribution < 1.29 is 19.3 Å². The number of hydrogen-bond acceptors (Lipinski definition) is 5. The molecule has 1 aromatic rings. The van der Waals surface area contributed by atoms with E-state index in [1.807, 2.05) is 18.2 Å². The van der Waals surface area contributed by atoms with Crippen LogP contribution < -0.4 is 14.8 Å². The summed E-state index contributed by atoms with van der Waals surface area (Å²) in [6, 6.07) is 5.90. The lowest BCUT2D eigenvalue weighted by molar-refractivity contribution is 0.0779. The van der Waals surface area contributed by atoms with Crippen LogP contribution >= 0.6 is 0 Å². The van der Waals surface area contributed by atoms with E-state index >= 15 is 0 Å². The minimum absolute atomic E-state index is 0.255. The van der Waals surface area contributed by atoms with E-state index in [1.165, 1.54) is 6.42 Å². The quantitative estimate of drug-likeness (QED) is 0.857. The summed E-state index contributed by atoms with van der Waals surface area (Å²) in [6.45, 7) is 0.773. The molecule has 0 aromatic heterocycles. The van der Waals surface area contributed by atoms with Gasteiger partial charge in [-0.15, -0.1) is 0 Å². The summed E-state index contributed by atoms with van der Waals surface area (Å²) in [6.07, 6.45) is 3.08. The van der Waals surface area contributed by atoms with Crippen LogP contribution in [0.15, 0.2) is 18.2 Å². The van der Waals surface area contributed by atoms with Gasteiger partial charge >= 0.3 is 0 Å². The average molecular weight is 279 g/mol. The Labute approximate surface area is 118 Å². The Kier molecular flexibility index (Phi) is 4.10. The molecule has 20 heavy (non-hydrogen) atoms. The molecule has 1 aromatic carbocycles. The number of fused-ring (bicyclic) bond motifs is 1. The maximum absolute atomic E-state index is 10.3. The SMILES string of the molecule is COC1CCCC1NCC(O)c1ccc2c(c1)OCO2. The van der Waals surface area contributed by atoms with Gasteiger partial charge in [0.2, 0.25) is 6.79 Å². The van der Waals surface area contributed by atoms with Crippen LogP contribution in [0.3, 0.4) is 0 Å². The van der Waals surface area contributed by atoms with Crippen molar-refractivity contribution >= 4 is 0 Å². The van der Waals surface area contributed by atoms with Gasteiger partial charge in [0.05, 0.1) is 12.2 Å². The van der Waals surface area contributed by atoms with E-state index in [9.17, 15) is 5.11 Å². The van der Waals surface area contributed by atoms with E-state index in [0.717, 1.165) is 24.2 Å². The molecule has 1 saturated carbocycles. The van der Waals surface area contributed by atoms with Crippen LogP contribution in [-0.4, -0.2) is 37.7 Å². The fraction of sp³-hybridized carbons (Fsp3) is 0.600. The third kappa shape index (κ3) is 2.75. The summed E-state index contributed by atoms with van der Waals surface area (Å²) in [5.41, 5.74) is 0.841. The van der Waals surface area contributed by atoms with Gasteiger partial charge < -0.3 is 24.6 Å². The predicted octanol–water partition coefficient (Wildman–Crippen LogP) is 1.61. The van der Waals surface area contributed by atoms with Gasteiger partial charge in [0.1, 0.15) is 0 Å². The normalized spacial score (nSPS) is 25.9. The van der Waals surface area contributed by atoms with Crippen molar-refractivity contribution in [2.24, 2.45) is 0 Å². The lowest BCUT2D eigenvalue weighted by atomic mass is 10.1. The van der Waals surface area contributed by atoms with Crippen molar-refractivity contribution in [3.05, 3.63) is 23.8 Å². The molecule has 0 spiro atoms. The van der Waals surface area contributed by atoms with Gasteiger partial charge in [0.15, 0.2) is 11.5 Å². The summed E-state index contributed by atoms with van der Waals surface area (Å²) in [4.78, 5) is 0. The number of hydrogen-bond donors (Lipinski definition) is 2. The van der Waals surface area contributed by atoms with Gasteiger partial charge in [-0.05, 0) is 37.0 Å². The number of aliphatic hydroxyl groups excluding tert-OH is 1. The van der Waals surface area contributed by atoms with Crippen molar-refractivity contribution in [3.63, 3.8) is 0 Å². The minimum atomic E-state index is -0.553. The summed E-state index contributed by atoms with van der Waals surface area (Å²) >= 11 is 0. The first-order valence-electron chi connectivity index (χ1n) is 7.11. The third-order valence-electron chi connectivity index (χ3n) is 4.11. The summed E-state index contributed by atoms with van der Waals surface area (Å²) in [5, 5.41) is 13.7. The first-order valence-corrected chi connectivity index (χ1v) is 7.11. The van der Waals surface area contributed by atoms with Crippen LogP contribution in [-0.2, 0) is 4.74 Å². The van der Waals surface area contributed by atoms with Crippen molar-refractivity contribution in [1.82, 2.24) is 5.32 Å². The number of aliphatic hydroxyl groups is 1. The molecule has 0 amide bonds. The zero-order chi connectivity index (χ0) is 13.9. The maximum atomic E-state index is 10.3. The highest BCUT2D eigenvalue weighted by atomic mass is 16.7. The summed E-state index contributed by atoms with van der Waals surface area (Å²) < 4.78 is 16.0. The Morgan fingerprint density at radius 3 is 3.05 bits per heavy atom. The third-order valence-corrected chi connectivity index (χ3v) is 4.11. The summed E-state index contributed by atoms with van der Waals surface area (Å²) in [5.74, 6) is 1.45. The van der Waals surface area contributed by atoms with E-state index in [0.29, 0.717) is 18.3 Å². The van der Waals surface area contributed by atoms with E-state index < -0.39 is 6.10 Å². The van der Waals surface area contributed by atoms with Crippen LogP contribution in [0, 0.1) is 0 Å². The number of ether oxygens (including phenoxy) is 3. The molecule has 5 nitrogen and oxygen atoms in total. The Bertz CT molecular complexity index is 465. The van der Waals surface area contributed by atoms with Crippen LogP contribution in [0.25, 0.3) is 0 Å². The van der Waals surface area contributed by atoms with Gasteiger partial charge in [0.25, 0.3) is 0 Å². The zero-order valence-electron chi connectivity index (χ0n) is 11.7. The molecule has 3 rings (SSSR count). The molecule has 3 unspecified atom stereocenters. The number of nitrogens with one attached hydrogen (secondary N) is 1. The first-order chi connectivity index (χ1) is 9.78. The van der Waals surface area contributed by atoms with Gasteiger partial charge in [0, 0.05) is 19.7 Å². The molecule has 1 fully saturated rings. The van der Waals surface area contributed by atoms with Crippen molar-refractivity contribution in [3.8, 4) is 11.5 Å². The first kappa shape index (κ1) is 13.7. The fourth-order valence-electron chi connectivity index (χ4n) is 2.94. The molecular formula is C15H21NO4. The topological polar surface area (TPSA) is 60.0 Å². The molecular weight excluding hydrogens is 258 g/mol. The van der Waals surface area contributed by atoms with E-state index in [1.54, 1.807) is 7.11 Å². The van der Waals surface area contributed by atoms with Crippen LogP contribution in [0.1, 0.15) is 30.9 Å². The lowest BCUT2D eigenvalue weighted by Crippen LogP contribution is -2.39. The van der Waals surface area contributed by atoms with Gasteiger partial charge in [-0.1, -0.05) is 6.07 Å². The Hall–Kier alpha value is -1.30. The Morgan fingerprint density at radius 2 is 2.20 bits per heavy atom.